The molecule has 1 aliphatic rings. The molecule has 0 radical (unpaired) electrons. The third-order valence-electron chi connectivity index (χ3n) is 5.13. The largest absolute Gasteiger partial charge is 0.493 e. The number of carbonyl (C=O) groups is 1. The Hall–Kier alpha value is -2.56. The molecule has 1 aliphatic heterocycles. The van der Waals surface area contributed by atoms with Gasteiger partial charge in [-0.25, -0.2) is 4.39 Å². The predicted molar refractivity (Wildman–Crippen MR) is 103 cm³/mol. The van der Waals surface area contributed by atoms with Crippen LogP contribution in [0.1, 0.15) is 24.0 Å². The van der Waals surface area contributed by atoms with Crippen molar-refractivity contribution >= 4 is 5.91 Å². The molecule has 144 valence electrons. The summed E-state index contributed by atoms with van der Waals surface area (Å²) in [7, 11) is 3.26. The molecule has 3 rings (SSSR count). The zero-order chi connectivity index (χ0) is 19.2. The number of rotatable bonds is 7. The van der Waals surface area contributed by atoms with Gasteiger partial charge in [0.25, 0.3) is 0 Å². The molecule has 27 heavy (non-hydrogen) atoms. The lowest BCUT2D eigenvalue weighted by Gasteiger charge is -2.17. The van der Waals surface area contributed by atoms with Crippen molar-refractivity contribution < 1.29 is 18.7 Å². The van der Waals surface area contributed by atoms with Gasteiger partial charge >= 0.3 is 0 Å². The van der Waals surface area contributed by atoms with Crippen LogP contribution < -0.4 is 9.47 Å². The highest BCUT2D eigenvalue weighted by atomic mass is 19.1. The summed E-state index contributed by atoms with van der Waals surface area (Å²) < 4.78 is 23.9. The first-order valence-corrected chi connectivity index (χ1v) is 9.32. The Kier molecular flexibility index (Phi) is 6.32. The van der Waals surface area contributed by atoms with Crippen LogP contribution >= 0.6 is 0 Å². The standard InChI is InChI=1S/C22H26FNO3/c1-26-20-8-6-17(14-21(20)27-2)12-18-10-11-24(15-18)22(25)9-7-16-4-3-5-19(23)13-16/h3-6,8,13-14,18H,7,9-12,15H2,1-2H3. The molecule has 0 aromatic heterocycles. The Morgan fingerprint density at radius 3 is 2.67 bits per heavy atom. The van der Waals surface area contributed by atoms with Crippen LogP contribution in [0.5, 0.6) is 11.5 Å². The fraction of sp³-hybridized carbons (Fsp3) is 0.409. The summed E-state index contributed by atoms with van der Waals surface area (Å²) in [5, 5.41) is 0. The molecule has 2 aromatic rings. The highest BCUT2D eigenvalue weighted by Crippen LogP contribution is 2.30. The summed E-state index contributed by atoms with van der Waals surface area (Å²) in [6.07, 6.45) is 2.91. The molecule has 0 saturated carbocycles. The van der Waals surface area contributed by atoms with Gasteiger partial charge in [0.1, 0.15) is 5.82 Å². The summed E-state index contributed by atoms with van der Waals surface area (Å²) in [4.78, 5) is 14.4. The van der Waals surface area contributed by atoms with Crippen LogP contribution in [0.25, 0.3) is 0 Å². The van der Waals surface area contributed by atoms with E-state index in [4.69, 9.17) is 9.47 Å². The molecule has 0 spiro atoms. The lowest BCUT2D eigenvalue weighted by Crippen LogP contribution is -2.29. The van der Waals surface area contributed by atoms with E-state index in [2.05, 4.69) is 6.07 Å². The van der Waals surface area contributed by atoms with E-state index in [-0.39, 0.29) is 11.7 Å². The first-order valence-electron chi connectivity index (χ1n) is 9.32. The van der Waals surface area contributed by atoms with E-state index in [1.165, 1.54) is 17.7 Å². The number of ether oxygens (including phenoxy) is 2. The molecular formula is C22H26FNO3. The summed E-state index contributed by atoms with van der Waals surface area (Å²) in [6.45, 7) is 1.57. The first-order chi connectivity index (χ1) is 13.1. The highest BCUT2D eigenvalue weighted by Gasteiger charge is 2.26. The van der Waals surface area contributed by atoms with Gasteiger partial charge in [-0.05, 0) is 60.6 Å². The number of methoxy groups -OCH3 is 2. The lowest BCUT2D eigenvalue weighted by atomic mass is 9.98. The second kappa shape index (κ2) is 8.89. The van der Waals surface area contributed by atoms with Crippen LogP contribution in [0.2, 0.25) is 0 Å². The number of amides is 1. The smallest absolute Gasteiger partial charge is 0.222 e. The molecule has 0 bridgehead atoms. The van der Waals surface area contributed by atoms with Crippen molar-refractivity contribution in [3.63, 3.8) is 0 Å². The minimum atomic E-state index is -0.254. The summed E-state index contributed by atoms with van der Waals surface area (Å²) in [6, 6.07) is 12.4. The van der Waals surface area contributed by atoms with Gasteiger partial charge in [-0.2, -0.15) is 0 Å². The molecule has 4 nitrogen and oxygen atoms in total. The van der Waals surface area contributed by atoms with E-state index >= 15 is 0 Å². The Labute approximate surface area is 159 Å². The second-order valence-electron chi connectivity index (χ2n) is 7.02. The van der Waals surface area contributed by atoms with Crippen LogP contribution in [0.4, 0.5) is 4.39 Å². The maximum absolute atomic E-state index is 13.2. The van der Waals surface area contributed by atoms with Gasteiger partial charge in [0.15, 0.2) is 11.5 Å². The van der Waals surface area contributed by atoms with Crippen LogP contribution in [-0.4, -0.2) is 38.1 Å². The zero-order valence-electron chi connectivity index (χ0n) is 15.9. The van der Waals surface area contributed by atoms with Crippen molar-refractivity contribution in [2.24, 2.45) is 5.92 Å². The number of halogens is 1. The number of hydrogen-bond donors (Lipinski definition) is 0. The topological polar surface area (TPSA) is 38.8 Å². The SMILES string of the molecule is COc1ccc(CC2CCN(C(=O)CCc3cccc(F)c3)C2)cc1OC. The molecule has 1 amide bonds. The van der Waals surface area contributed by atoms with Crippen molar-refractivity contribution in [2.45, 2.75) is 25.7 Å². The fourth-order valence-electron chi connectivity index (χ4n) is 3.67. The average molecular weight is 371 g/mol. The average Bonchev–Trinajstić information content (AvgIpc) is 3.14. The Bertz CT molecular complexity index is 793. The van der Waals surface area contributed by atoms with Crippen molar-refractivity contribution in [2.75, 3.05) is 27.3 Å². The molecule has 0 aliphatic carbocycles. The molecule has 1 fully saturated rings. The molecule has 2 aromatic carbocycles. The van der Waals surface area contributed by atoms with E-state index in [1.54, 1.807) is 20.3 Å². The fourth-order valence-corrected chi connectivity index (χ4v) is 3.67. The summed E-state index contributed by atoms with van der Waals surface area (Å²) >= 11 is 0. The van der Waals surface area contributed by atoms with Gasteiger partial charge in [0.05, 0.1) is 14.2 Å². The Morgan fingerprint density at radius 2 is 1.93 bits per heavy atom. The van der Waals surface area contributed by atoms with Crippen LogP contribution in [0.3, 0.4) is 0 Å². The molecule has 0 N–H and O–H groups in total. The van der Waals surface area contributed by atoms with E-state index in [9.17, 15) is 9.18 Å². The van der Waals surface area contributed by atoms with Crippen molar-refractivity contribution in [3.8, 4) is 11.5 Å². The number of likely N-dealkylation sites (tertiary alicyclic amines) is 1. The van der Waals surface area contributed by atoms with Gasteiger partial charge in [0.2, 0.25) is 5.91 Å². The van der Waals surface area contributed by atoms with Crippen molar-refractivity contribution in [3.05, 3.63) is 59.4 Å². The van der Waals surface area contributed by atoms with E-state index in [0.29, 0.717) is 18.8 Å². The number of carbonyl (C=O) groups excluding carboxylic acids is 1. The number of hydrogen-bond acceptors (Lipinski definition) is 3. The zero-order valence-corrected chi connectivity index (χ0v) is 15.9. The van der Waals surface area contributed by atoms with Gasteiger partial charge in [-0.15, -0.1) is 0 Å². The molecule has 1 unspecified atom stereocenters. The normalized spacial score (nSPS) is 16.4. The second-order valence-corrected chi connectivity index (χ2v) is 7.02. The molecular weight excluding hydrogens is 345 g/mol. The minimum Gasteiger partial charge on any atom is -0.493 e. The Balaban J connectivity index is 1.51. The van der Waals surface area contributed by atoms with Gasteiger partial charge in [-0.3, -0.25) is 4.79 Å². The third-order valence-corrected chi connectivity index (χ3v) is 5.13. The Morgan fingerprint density at radius 1 is 1.11 bits per heavy atom. The van der Waals surface area contributed by atoms with Crippen molar-refractivity contribution in [1.29, 1.82) is 0 Å². The lowest BCUT2D eigenvalue weighted by molar-refractivity contribution is -0.130. The van der Waals surface area contributed by atoms with Gasteiger partial charge in [0, 0.05) is 19.5 Å². The minimum absolute atomic E-state index is 0.147. The molecule has 1 atom stereocenters. The molecule has 1 heterocycles. The highest BCUT2D eigenvalue weighted by molar-refractivity contribution is 5.76. The van der Waals surface area contributed by atoms with E-state index in [0.717, 1.165) is 43.0 Å². The van der Waals surface area contributed by atoms with Gasteiger partial charge < -0.3 is 14.4 Å². The van der Waals surface area contributed by atoms with Gasteiger partial charge in [-0.1, -0.05) is 18.2 Å². The first kappa shape index (κ1) is 19.2. The monoisotopic (exact) mass is 371 g/mol. The third kappa shape index (κ3) is 5.00. The summed E-state index contributed by atoms with van der Waals surface area (Å²) in [5.41, 5.74) is 2.05. The molecule has 5 heteroatoms. The quantitative estimate of drug-likeness (QED) is 0.742. The maximum Gasteiger partial charge on any atom is 0.222 e. The van der Waals surface area contributed by atoms with E-state index < -0.39 is 0 Å². The van der Waals surface area contributed by atoms with Crippen molar-refractivity contribution in [1.82, 2.24) is 4.90 Å². The van der Waals surface area contributed by atoms with Crippen LogP contribution in [0, 0.1) is 11.7 Å². The number of aryl methyl sites for hydroxylation is 1. The number of nitrogens with zero attached hydrogens (tertiary/aromatic N) is 1. The summed E-state index contributed by atoms with van der Waals surface area (Å²) in [5.74, 6) is 1.80. The van der Waals surface area contributed by atoms with Crippen LogP contribution in [0.15, 0.2) is 42.5 Å². The predicted octanol–water partition coefficient (Wildman–Crippen LogP) is 3.87. The maximum atomic E-state index is 13.2. The van der Waals surface area contributed by atoms with Crippen LogP contribution in [-0.2, 0) is 17.6 Å². The van der Waals surface area contributed by atoms with E-state index in [1.807, 2.05) is 23.1 Å². The molecule has 1 saturated heterocycles. The number of benzene rings is 2.